The van der Waals surface area contributed by atoms with Crippen LogP contribution in [-0.4, -0.2) is 105 Å². The number of carbonyl (C=O) groups is 1. The zero-order valence-electron chi connectivity index (χ0n) is 42.6. The first-order chi connectivity index (χ1) is 35.9. The number of sulfone groups is 1. The van der Waals surface area contributed by atoms with Crippen LogP contribution in [0.4, 0.5) is 27.1 Å². The third-order valence-electron chi connectivity index (χ3n) is 14.7. The summed E-state index contributed by atoms with van der Waals surface area (Å²) < 4.78 is 67.6. The fourth-order valence-electron chi connectivity index (χ4n) is 11.0. The van der Waals surface area contributed by atoms with Gasteiger partial charge in [-0.05, 0) is 156 Å². The molecule has 0 spiro atoms. The van der Waals surface area contributed by atoms with Crippen LogP contribution in [0.1, 0.15) is 50.4 Å². The monoisotopic (exact) mass is 1100 g/mol. The molecule has 3 saturated heterocycles. The molecular formula is C56H63ClFN6O8PS2. The largest absolute Gasteiger partial charge is 0.481 e. The minimum absolute atomic E-state index is 0.0767. The third-order valence-corrected chi connectivity index (χ3v) is 20.0. The lowest BCUT2D eigenvalue weighted by Crippen LogP contribution is -2.46. The lowest BCUT2D eigenvalue weighted by atomic mass is 9.94. The Kier molecular flexibility index (Phi) is 16.5. The van der Waals surface area contributed by atoms with Crippen LogP contribution >= 0.6 is 30.9 Å². The zero-order chi connectivity index (χ0) is 53.2. The van der Waals surface area contributed by atoms with Gasteiger partial charge >= 0.3 is 13.5 Å². The van der Waals surface area contributed by atoms with Crippen LogP contribution in [0.2, 0.25) is 5.02 Å². The van der Waals surface area contributed by atoms with Crippen LogP contribution in [0.25, 0.3) is 22.4 Å². The molecule has 3 fully saturated rings. The average Bonchev–Trinajstić information content (AvgIpc) is 3.98. The smallest absolute Gasteiger partial charge is 0.326 e. The summed E-state index contributed by atoms with van der Waals surface area (Å²) in [6.07, 6.45) is 3.63. The van der Waals surface area contributed by atoms with Crippen LogP contribution in [-0.2, 0) is 30.1 Å². The molecule has 5 aromatic carbocycles. The number of hydrogen-bond donors (Lipinski definition) is 1. The van der Waals surface area contributed by atoms with E-state index in [1.165, 1.54) is 24.5 Å². The maximum absolute atomic E-state index is 15.8. The van der Waals surface area contributed by atoms with Gasteiger partial charge in [0.1, 0.15) is 5.82 Å². The summed E-state index contributed by atoms with van der Waals surface area (Å²) in [6, 6.07) is 34.5. The number of nitro benzene ring substituents is 1. The van der Waals surface area contributed by atoms with E-state index in [4.69, 9.17) is 16.1 Å². The lowest BCUT2D eigenvalue weighted by molar-refractivity contribution is -0.385. The molecule has 4 heterocycles. The first kappa shape index (κ1) is 54.1. The number of likely N-dealkylation sites (tertiary alicyclic amines) is 1. The minimum Gasteiger partial charge on any atom is -0.481 e. The van der Waals surface area contributed by atoms with Gasteiger partial charge in [0.25, 0.3) is 5.69 Å². The number of piperidine rings is 1. The van der Waals surface area contributed by atoms with Crippen molar-refractivity contribution in [3.8, 4) is 22.4 Å². The highest BCUT2D eigenvalue weighted by molar-refractivity contribution is 7.99. The Morgan fingerprint density at radius 3 is 2.15 bits per heavy atom. The van der Waals surface area contributed by atoms with Gasteiger partial charge in [0.15, 0.2) is 9.84 Å². The molecule has 19 heteroatoms. The lowest BCUT2D eigenvalue weighted by Gasteiger charge is -2.37. The van der Waals surface area contributed by atoms with Crippen molar-refractivity contribution in [1.82, 2.24) is 9.47 Å². The Hall–Kier alpha value is -5.68. The molecule has 0 amide bonds. The van der Waals surface area contributed by atoms with E-state index in [9.17, 15) is 33.0 Å². The zero-order valence-corrected chi connectivity index (χ0v) is 45.9. The number of anilines is 3. The van der Waals surface area contributed by atoms with E-state index in [1.807, 2.05) is 79.1 Å². The van der Waals surface area contributed by atoms with E-state index in [2.05, 4.69) is 26.8 Å². The van der Waals surface area contributed by atoms with Gasteiger partial charge in [-0.15, -0.1) is 11.8 Å². The summed E-state index contributed by atoms with van der Waals surface area (Å²) in [5, 5.41) is 23.1. The predicted molar refractivity (Wildman–Crippen MR) is 299 cm³/mol. The van der Waals surface area contributed by atoms with Crippen LogP contribution in [0.3, 0.4) is 0 Å². The van der Waals surface area contributed by atoms with E-state index in [0.29, 0.717) is 110 Å². The fraction of sp³-hybridized carbons (Fsp3) is 0.375. The second-order valence-electron chi connectivity index (χ2n) is 20.1. The first-order valence-corrected chi connectivity index (χ1v) is 30.3. The average molecular weight is 1100 g/mol. The number of carboxylic acid groups (broad SMARTS) is 1. The van der Waals surface area contributed by atoms with E-state index < -0.39 is 34.1 Å². The molecule has 1 aromatic heterocycles. The summed E-state index contributed by atoms with van der Waals surface area (Å²) in [6.45, 7) is 10.8. The number of piperazine rings is 1. The normalized spacial score (nSPS) is 18.3. The van der Waals surface area contributed by atoms with Crippen LogP contribution in [0.15, 0.2) is 125 Å². The number of benzene rings is 5. The van der Waals surface area contributed by atoms with Gasteiger partial charge in [-0.25, -0.2) is 12.8 Å². The Balaban J connectivity index is 0.896. The van der Waals surface area contributed by atoms with Crippen molar-refractivity contribution in [2.75, 3.05) is 85.4 Å². The summed E-state index contributed by atoms with van der Waals surface area (Å²) >= 11 is 7.99. The van der Waals surface area contributed by atoms with E-state index in [1.54, 1.807) is 47.6 Å². The van der Waals surface area contributed by atoms with E-state index >= 15 is 4.39 Å². The molecule has 0 radical (unpaired) electrons. The molecule has 2 atom stereocenters. The Bertz CT molecular complexity index is 3200. The maximum Gasteiger partial charge on any atom is 0.326 e. The van der Waals surface area contributed by atoms with Crippen molar-refractivity contribution in [1.29, 1.82) is 0 Å². The molecule has 3 aliphatic heterocycles. The van der Waals surface area contributed by atoms with Gasteiger partial charge in [-0.3, -0.25) is 24.1 Å². The number of carboxylic acids is 1. The van der Waals surface area contributed by atoms with Gasteiger partial charge in [0.05, 0.1) is 39.9 Å². The van der Waals surface area contributed by atoms with Gasteiger partial charge < -0.3 is 28.9 Å². The van der Waals surface area contributed by atoms with Crippen molar-refractivity contribution in [3.05, 3.63) is 147 Å². The molecule has 396 valence electrons. The number of nitrogens with zero attached hydrogens (tertiary/aromatic N) is 6. The van der Waals surface area contributed by atoms with Gasteiger partial charge in [-0.2, -0.15) is 0 Å². The second kappa shape index (κ2) is 22.9. The Morgan fingerprint density at radius 1 is 0.867 bits per heavy atom. The number of halogens is 2. The molecule has 75 heavy (non-hydrogen) atoms. The topological polar surface area (TPSA) is 159 Å². The molecule has 9 rings (SSSR count). The molecule has 0 bridgehead atoms. The number of aromatic nitrogens is 1. The summed E-state index contributed by atoms with van der Waals surface area (Å²) in [5.41, 5.74) is 5.64. The molecule has 3 aliphatic rings. The maximum atomic E-state index is 15.8. The van der Waals surface area contributed by atoms with Gasteiger partial charge in [0.2, 0.25) is 0 Å². The number of nitro groups is 1. The molecule has 0 unspecified atom stereocenters. The van der Waals surface area contributed by atoms with Crippen molar-refractivity contribution >= 4 is 74.7 Å². The first-order valence-electron chi connectivity index (χ1n) is 25.4. The summed E-state index contributed by atoms with van der Waals surface area (Å²) in [4.78, 5) is 31.8. The number of hydrogen-bond acceptors (Lipinski definition) is 11. The van der Waals surface area contributed by atoms with Crippen molar-refractivity contribution < 1.29 is 36.7 Å². The molecule has 14 nitrogen and oxygen atoms in total. The predicted octanol–water partition coefficient (Wildman–Crippen LogP) is 11.6. The molecule has 0 saturated carbocycles. The number of thioether (sulfide) groups is 1. The SMILES string of the molecule is Cc1c(S(C)(=O)=O)c(-c2cc(F)cc(N3CCN(c4ccc(N5CCO[P@@]5(=O)c5ccc(C[C@H](CCN6CCC(C(=O)O)CC6)CSc6ccccc6)c([N+](=O)[O-])c5)cc4)CC3)c2)c(-c2ccc(Cl)cc2)n1C(C)C. The standard InChI is InChI=1S/C56H63ClFN6O8PS2/c1-38(2)63-39(3)55(75(4,70)71)53(54(63)41-10-13-45(57)14-11-41)44-33-46(58)35-49(34-44)61-28-26-60(27-29-61)47-15-17-48(18-16-47)62-30-31-72-73(62,69)50-19-12-43(52(36-50)64(67)68)32-40(37-74-51-8-6-5-7-9-51)20-23-59-24-21-42(22-25-59)56(65)66/h5-19,33-36,38,40,42H,20-32,37H2,1-4H3,(H,65,66)/t40-,73-/m0/s1. The molecular weight excluding hydrogens is 1030 g/mol. The van der Waals surface area contributed by atoms with Crippen LogP contribution in [0.5, 0.6) is 0 Å². The van der Waals surface area contributed by atoms with Gasteiger partial charge in [0, 0.05) is 94.1 Å². The van der Waals surface area contributed by atoms with Crippen LogP contribution < -0.4 is 19.8 Å². The molecule has 1 N–H and O–H groups in total. The molecule has 0 aliphatic carbocycles. The summed E-state index contributed by atoms with van der Waals surface area (Å²) in [7, 11) is -7.51. The Labute approximate surface area is 448 Å². The van der Waals surface area contributed by atoms with Crippen molar-refractivity contribution in [2.45, 2.75) is 62.3 Å². The minimum atomic E-state index is -3.76. The third kappa shape index (κ3) is 12.0. The highest BCUT2D eigenvalue weighted by atomic mass is 35.5. The van der Waals surface area contributed by atoms with E-state index in [-0.39, 0.29) is 40.4 Å². The quantitative estimate of drug-likeness (QED) is 0.0375. The fourth-order valence-corrected chi connectivity index (χ4v) is 15.6. The van der Waals surface area contributed by atoms with Gasteiger partial charge in [-0.1, -0.05) is 48.0 Å². The van der Waals surface area contributed by atoms with E-state index in [0.717, 1.165) is 34.9 Å². The highest BCUT2D eigenvalue weighted by Gasteiger charge is 2.41. The van der Waals surface area contributed by atoms with Crippen molar-refractivity contribution in [3.63, 3.8) is 0 Å². The second-order valence-corrected chi connectivity index (χ2v) is 25.8. The van der Waals surface area contributed by atoms with Crippen molar-refractivity contribution in [2.24, 2.45) is 11.8 Å². The molecule has 6 aromatic rings. The van der Waals surface area contributed by atoms with Crippen LogP contribution in [0, 0.1) is 34.7 Å². The summed E-state index contributed by atoms with van der Waals surface area (Å²) in [5.74, 6) is -0.735. The number of rotatable bonds is 18. The highest BCUT2D eigenvalue weighted by Crippen LogP contribution is 2.56. The number of aliphatic carboxylic acids is 1. The Morgan fingerprint density at radius 2 is 1.52 bits per heavy atom.